The van der Waals surface area contributed by atoms with Gasteiger partial charge in [0.2, 0.25) is 0 Å². The fourth-order valence-electron chi connectivity index (χ4n) is 1.54. The fourth-order valence-corrected chi connectivity index (χ4v) is 1.54. The van der Waals surface area contributed by atoms with Crippen LogP contribution in [0.3, 0.4) is 0 Å². The predicted octanol–water partition coefficient (Wildman–Crippen LogP) is -6.42. The molecule has 1 aromatic carbocycles. The first-order chi connectivity index (χ1) is 7.73. The zero-order valence-corrected chi connectivity index (χ0v) is 14.0. The molecule has 0 saturated heterocycles. The molecule has 6 heteroatoms. The van der Waals surface area contributed by atoms with E-state index in [1.165, 1.54) is 12.1 Å². The summed E-state index contributed by atoms with van der Waals surface area (Å²) in [7, 11) is 0. The van der Waals surface area contributed by atoms with Crippen molar-refractivity contribution in [2.24, 2.45) is 0 Å². The summed E-state index contributed by atoms with van der Waals surface area (Å²) in [5, 5.41) is 21.4. The molecule has 0 unspecified atom stereocenters. The normalized spacial score (nSPS) is 10.3. The van der Waals surface area contributed by atoms with Crippen LogP contribution in [0.15, 0.2) is 24.3 Å². The van der Waals surface area contributed by atoms with E-state index in [1.807, 2.05) is 20.8 Å². The van der Waals surface area contributed by atoms with E-state index in [4.69, 9.17) is 0 Å². The van der Waals surface area contributed by atoms with E-state index in [-0.39, 0.29) is 59.4 Å². The molecule has 0 amide bonds. The summed E-state index contributed by atoms with van der Waals surface area (Å²) in [6.45, 7) is 6.03. The molecule has 0 N–H and O–H groups in total. The van der Waals surface area contributed by atoms with E-state index in [2.05, 4.69) is 0 Å². The van der Waals surface area contributed by atoms with E-state index in [9.17, 15) is 19.8 Å². The number of hydrogen-bond acceptors (Lipinski definition) is 4. The standard InChI is InChI=1S/C13H16O4.Li.Na/c1-13(2,3)9-6-4-8(5-7-9)10(11(14)15)12(16)17;;/h4-7,10H,1-3H3,(H,14,15)(H,16,17);;/q;2*+1/p-2. The van der Waals surface area contributed by atoms with Crippen LogP contribution in [0.1, 0.15) is 37.8 Å². The Balaban J connectivity index is 0. The molecule has 0 heterocycles. The summed E-state index contributed by atoms with van der Waals surface area (Å²) in [6, 6.07) is 6.40. The minimum absolute atomic E-state index is 0. The maximum atomic E-state index is 10.7. The molecular formula is C13H14LiNaO4. The molecule has 92 valence electrons. The van der Waals surface area contributed by atoms with Gasteiger partial charge >= 0.3 is 48.4 Å². The molecule has 0 bridgehead atoms. The molecule has 0 aliphatic carbocycles. The van der Waals surface area contributed by atoms with Crippen molar-refractivity contribution in [1.29, 1.82) is 0 Å². The zero-order valence-electron chi connectivity index (χ0n) is 12.0. The maximum absolute atomic E-state index is 10.7. The maximum Gasteiger partial charge on any atom is 1.00 e. The molecule has 0 saturated carbocycles. The second-order valence-electron chi connectivity index (χ2n) is 4.94. The van der Waals surface area contributed by atoms with Crippen LogP contribution in [0, 0.1) is 0 Å². The van der Waals surface area contributed by atoms with Crippen LogP contribution >= 0.6 is 0 Å². The van der Waals surface area contributed by atoms with Crippen LogP contribution in [0.25, 0.3) is 0 Å². The SMILES string of the molecule is CC(C)(C)c1ccc(C(C(=O)[O-])C(=O)[O-])cc1.[Li+].[Na+]. The molecule has 0 aliphatic heterocycles. The minimum atomic E-state index is -1.72. The van der Waals surface area contributed by atoms with Crippen LogP contribution in [-0.2, 0) is 15.0 Å². The summed E-state index contributed by atoms with van der Waals surface area (Å²) in [6.07, 6.45) is 0. The van der Waals surface area contributed by atoms with Gasteiger partial charge in [0.15, 0.2) is 0 Å². The molecule has 1 rings (SSSR count). The third kappa shape index (κ3) is 5.72. The third-order valence-electron chi connectivity index (χ3n) is 2.58. The monoisotopic (exact) mass is 264 g/mol. The van der Waals surface area contributed by atoms with Crippen LogP contribution < -0.4 is 58.6 Å². The van der Waals surface area contributed by atoms with Crippen molar-refractivity contribution in [2.75, 3.05) is 0 Å². The molecule has 19 heavy (non-hydrogen) atoms. The van der Waals surface area contributed by atoms with Gasteiger partial charge < -0.3 is 19.8 Å². The summed E-state index contributed by atoms with van der Waals surface area (Å²) < 4.78 is 0. The molecule has 4 nitrogen and oxygen atoms in total. The van der Waals surface area contributed by atoms with E-state index in [0.717, 1.165) is 5.56 Å². The average molecular weight is 264 g/mol. The minimum Gasteiger partial charge on any atom is -0.549 e. The predicted molar refractivity (Wildman–Crippen MR) is 57.9 cm³/mol. The molecule has 0 radical (unpaired) electrons. The first kappa shape index (κ1) is 21.1. The van der Waals surface area contributed by atoms with Crippen molar-refractivity contribution >= 4 is 11.9 Å². The van der Waals surface area contributed by atoms with Gasteiger partial charge in [-0.15, -0.1) is 0 Å². The number of aliphatic carboxylic acids is 2. The van der Waals surface area contributed by atoms with Crippen LogP contribution in [-0.4, -0.2) is 11.9 Å². The van der Waals surface area contributed by atoms with Gasteiger partial charge in [-0.2, -0.15) is 0 Å². The second-order valence-corrected chi connectivity index (χ2v) is 4.94. The fraction of sp³-hybridized carbons (Fsp3) is 0.385. The number of hydrogen-bond donors (Lipinski definition) is 0. The Hall–Kier alpha value is -0.243. The largest absolute Gasteiger partial charge is 1.00 e. The van der Waals surface area contributed by atoms with E-state index >= 15 is 0 Å². The average Bonchev–Trinajstić information content (AvgIpc) is 2.15. The number of carboxylic acid groups (broad SMARTS) is 2. The topological polar surface area (TPSA) is 80.3 Å². The third-order valence-corrected chi connectivity index (χ3v) is 2.58. The Labute approximate surface area is 147 Å². The number of carbonyl (C=O) groups excluding carboxylic acids is 2. The molecular weight excluding hydrogens is 250 g/mol. The molecule has 0 spiro atoms. The van der Waals surface area contributed by atoms with Gasteiger partial charge in [0, 0.05) is 0 Å². The van der Waals surface area contributed by atoms with Crippen molar-refractivity contribution < 1.29 is 68.2 Å². The zero-order chi connectivity index (χ0) is 13.2. The smallest absolute Gasteiger partial charge is 0.549 e. The van der Waals surface area contributed by atoms with Crippen molar-refractivity contribution in [3.05, 3.63) is 35.4 Å². The van der Waals surface area contributed by atoms with Gasteiger partial charge in [-0.3, -0.25) is 0 Å². The molecule has 0 atom stereocenters. The van der Waals surface area contributed by atoms with Crippen LogP contribution in [0.5, 0.6) is 0 Å². The summed E-state index contributed by atoms with van der Waals surface area (Å²) >= 11 is 0. The van der Waals surface area contributed by atoms with Crippen LogP contribution in [0.2, 0.25) is 0 Å². The van der Waals surface area contributed by atoms with Gasteiger partial charge in [-0.1, -0.05) is 45.0 Å². The van der Waals surface area contributed by atoms with Crippen LogP contribution in [0.4, 0.5) is 0 Å². The Morgan fingerprint density at radius 1 is 1.00 bits per heavy atom. The second kappa shape index (κ2) is 8.14. The number of rotatable bonds is 3. The van der Waals surface area contributed by atoms with Gasteiger partial charge in [0.1, 0.15) is 0 Å². The van der Waals surface area contributed by atoms with E-state index < -0.39 is 17.9 Å². The summed E-state index contributed by atoms with van der Waals surface area (Å²) in [5.41, 5.74) is 1.09. The molecule has 0 aliphatic rings. The Kier molecular flexibility index (Phi) is 9.02. The molecule has 0 aromatic heterocycles. The van der Waals surface area contributed by atoms with Crippen molar-refractivity contribution in [1.82, 2.24) is 0 Å². The van der Waals surface area contributed by atoms with Crippen molar-refractivity contribution in [3.8, 4) is 0 Å². The molecule has 1 aromatic rings. The van der Waals surface area contributed by atoms with Gasteiger partial charge in [0.25, 0.3) is 0 Å². The number of benzene rings is 1. The number of carbonyl (C=O) groups is 2. The van der Waals surface area contributed by atoms with Gasteiger partial charge in [-0.05, 0) is 16.5 Å². The van der Waals surface area contributed by atoms with E-state index in [1.54, 1.807) is 12.1 Å². The quantitative estimate of drug-likeness (QED) is 0.402. The number of carboxylic acids is 2. The van der Waals surface area contributed by atoms with Crippen molar-refractivity contribution in [3.63, 3.8) is 0 Å². The Morgan fingerprint density at radius 3 is 1.63 bits per heavy atom. The molecule has 0 fully saturated rings. The van der Waals surface area contributed by atoms with Gasteiger partial charge in [0.05, 0.1) is 17.9 Å². The Bertz CT molecular complexity index is 423. The van der Waals surface area contributed by atoms with Crippen molar-refractivity contribution in [2.45, 2.75) is 32.1 Å². The summed E-state index contributed by atoms with van der Waals surface area (Å²) in [4.78, 5) is 21.4. The summed E-state index contributed by atoms with van der Waals surface area (Å²) in [5.74, 6) is -5.04. The van der Waals surface area contributed by atoms with E-state index in [0.29, 0.717) is 0 Å². The first-order valence-corrected chi connectivity index (χ1v) is 5.25. The first-order valence-electron chi connectivity index (χ1n) is 5.25. The van der Waals surface area contributed by atoms with Gasteiger partial charge in [-0.25, -0.2) is 0 Å². The Morgan fingerprint density at radius 2 is 1.37 bits per heavy atom.